The van der Waals surface area contributed by atoms with Gasteiger partial charge in [0, 0.05) is 12.5 Å². The Balaban J connectivity index is 1.41. The van der Waals surface area contributed by atoms with E-state index in [-0.39, 0.29) is 16.8 Å². The average molecular weight is 264 g/mol. The van der Waals surface area contributed by atoms with Crippen LogP contribution in [0, 0.1) is 46.3 Å². The molecular formula is C15H20O4. The molecule has 1 N–H and O–H groups in total. The van der Waals surface area contributed by atoms with Crippen molar-refractivity contribution >= 4 is 5.97 Å². The molecule has 19 heavy (non-hydrogen) atoms. The van der Waals surface area contributed by atoms with Crippen LogP contribution in [-0.4, -0.2) is 30.1 Å². The smallest absolute Gasteiger partial charge is 0.313 e. The molecule has 6 aliphatic rings. The fourth-order valence-corrected chi connectivity index (χ4v) is 7.08. The first-order valence-electron chi connectivity index (χ1n) is 7.29. The minimum Gasteiger partial charge on any atom is -0.460 e. The molecule has 0 heterocycles. The van der Waals surface area contributed by atoms with Crippen LogP contribution >= 0.6 is 0 Å². The van der Waals surface area contributed by atoms with Crippen LogP contribution in [0.15, 0.2) is 0 Å². The Kier molecular flexibility index (Phi) is 1.45. The lowest BCUT2D eigenvalue weighted by molar-refractivity contribution is -0.665. The van der Waals surface area contributed by atoms with Gasteiger partial charge in [0.25, 0.3) is 0 Å². The summed E-state index contributed by atoms with van der Waals surface area (Å²) in [5.41, 5.74) is -0.489. The molecule has 104 valence electrons. The van der Waals surface area contributed by atoms with Crippen LogP contribution in [0.3, 0.4) is 0 Å². The molecule has 0 aromatic rings. The predicted octanol–water partition coefficient (Wildman–Crippen LogP) is 1.03. The van der Waals surface area contributed by atoms with Crippen LogP contribution in [0.5, 0.6) is 0 Å². The normalized spacial score (nSPS) is 62.6. The maximum absolute atomic E-state index is 12.5. The second-order valence-electron chi connectivity index (χ2n) is 8.18. The SMILES string of the molecule is COC(O)C12C3C4C1C1C2C3C41C(=O)OC(C)(C)C. The van der Waals surface area contributed by atoms with Crippen molar-refractivity contribution in [3.05, 3.63) is 0 Å². The van der Waals surface area contributed by atoms with Gasteiger partial charge in [-0.1, -0.05) is 0 Å². The Hall–Kier alpha value is -0.610. The van der Waals surface area contributed by atoms with Crippen LogP contribution in [0.4, 0.5) is 0 Å². The van der Waals surface area contributed by atoms with Crippen molar-refractivity contribution < 1.29 is 19.4 Å². The van der Waals surface area contributed by atoms with Crippen molar-refractivity contribution in [3.63, 3.8) is 0 Å². The maximum atomic E-state index is 12.5. The van der Waals surface area contributed by atoms with E-state index in [0.29, 0.717) is 35.5 Å². The van der Waals surface area contributed by atoms with E-state index < -0.39 is 11.9 Å². The van der Waals surface area contributed by atoms with Gasteiger partial charge in [0.05, 0.1) is 5.41 Å². The number of aliphatic hydroxyl groups excluding tert-OH is 1. The second-order valence-corrected chi connectivity index (χ2v) is 8.18. The van der Waals surface area contributed by atoms with Gasteiger partial charge in [-0.05, 0) is 56.3 Å². The van der Waals surface area contributed by atoms with Crippen LogP contribution in [-0.2, 0) is 14.3 Å². The fraction of sp³-hybridized carbons (Fsp3) is 0.933. The van der Waals surface area contributed by atoms with Gasteiger partial charge in [-0.25, -0.2) is 0 Å². The molecule has 0 saturated heterocycles. The van der Waals surface area contributed by atoms with Crippen LogP contribution in [0.2, 0.25) is 0 Å². The van der Waals surface area contributed by atoms with E-state index in [2.05, 4.69) is 0 Å². The maximum Gasteiger partial charge on any atom is 0.313 e. The Morgan fingerprint density at radius 2 is 1.58 bits per heavy atom. The average Bonchev–Trinajstić information content (AvgIpc) is 2.35. The standard InChI is InChI=1S/C15H20O4/c1-13(2,3)19-12(17)15-8-5-9(15)7-10(15)6(8)14(5,7)11(16)18-4/h5-11,16H,1-4H3. The molecule has 6 saturated carbocycles. The minimum atomic E-state index is -0.617. The van der Waals surface area contributed by atoms with Crippen LogP contribution in [0.25, 0.3) is 0 Å². The number of esters is 1. The number of rotatable bonds is 3. The van der Waals surface area contributed by atoms with Gasteiger partial charge in [-0.15, -0.1) is 0 Å². The Labute approximate surface area is 112 Å². The summed E-state index contributed by atoms with van der Waals surface area (Å²) in [5.74, 6) is 3.12. The zero-order valence-electron chi connectivity index (χ0n) is 11.7. The molecule has 0 amide bonds. The van der Waals surface area contributed by atoms with E-state index in [4.69, 9.17) is 9.47 Å². The van der Waals surface area contributed by atoms with Gasteiger partial charge in [0.2, 0.25) is 0 Å². The third kappa shape index (κ3) is 0.670. The molecule has 0 spiro atoms. The van der Waals surface area contributed by atoms with Crippen molar-refractivity contribution in [2.75, 3.05) is 7.11 Å². The summed E-state index contributed by atoms with van der Waals surface area (Å²) in [5, 5.41) is 10.1. The van der Waals surface area contributed by atoms with Crippen molar-refractivity contribution in [3.8, 4) is 0 Å². The Bertz CT molecular complexity index is 463. The number of hydrogen-bond donors (Lipinski definition) is 1. The van der Waals surface area contributed by atoms with Crippen LogP contribution in [0.1, 0.15) is 20.8 Å². The van der Waals surface area contributed by atoms with E-state index in [1.165, 1.54) is 0 Å². The molecule has 1 unspecified atom stereocenters. The van der Waals surface area contributed by atoms with E-state index >= 15 is 0 Å². The second kappa shape index (κ2) is 2.48. The molecule has 1 atom stereocenters. The Morgan fingerprint density at radius 1 is 1.11 bits per heavy atom. The zero-order valence-corrected chi connectivity index (χ0v) is 11.7. The zero-order chi connectivity index (χ0) is 13.5. The molecule has 6 rings (SSSR count). The lowest BCUT2D eigenvalue weighted by Gasteiger charge is -3.10. The van der Waals surface area contributed by atoms with Crippen LogP contribution < -0.4 is 0 Å². The molecule has 0 aromatic carbocycles. The molecule has 0 radical (unpaired) electrons. The van der Waals surface area contributed by atoms with E-state index in [9.17, 15) is 9.90 Å². The summed E-state index contributed by atoms with van der Waals surface area (Å²) in [6.45, 7) is 5.80. The first kappa shape index (κ1) is 11.1. The van der Waals surface area contributed by atoms with Crippen molar-refractivity contribution in [1.29, 1.82) is 0 Å². The quantitative estimate of drug-likeness (QED) is 0.611. The van der Waals surface area contributed by atoms with Gasteiger partial charge in [-0.2, -0.15) is 0 Å². The molecule has 6 aliphatic carbocycles. The number of ether oxygens (including phenoxy) is 2. The lowest BCUT2D eigenvalue weighted by atomic mass is 8.92. The molecule has 4 heteroatoms. The number of carbonyl (C=O) groups is 1. The monoisotopic (exact) mass is 264 g/mol. The number of carbonyl (C=O) groups excluding carboxylic acids is 1. The molecule has 0 aromatic heterocycles. The summed E-state index contributed by atoms with van der Waals surface area (Å²) >= 11 is 0. The van der Waals surface area contributed by atoms with Crippen molar-refractivity contribution in [2.45, 2.75) is 32.7 Å². The number of aliphatic hydroxyl groups is 1. The van der Waals surface area contributed by atoms with Gasteiger partial charge in [0.15, 0.2) is 6.29 Å². The summed E-state index contributed by atoms with van der Waals surface area (Å²) in [7, 11) is 1.58. The van der Waals surface area contributed by atoms with Gasteiger partial charge in [-0.3, -0.25) is 4.79 Å². The summed E-state index contributed by atoms with van der Waals surface area (Å²) < 4.78 is 10.8. The van der Waals surface area contributed by atoms with Gasteiger partial charge >= 0.3 is 5.97 Å². The van der Waals surface area contributed by atoms with Gasteiger partial charge < -0.3 is 14.6 Å². The van der Waals surface area contributed by atoms with E-state index in [1.54, 1.807) is 7.11 Å². The van der Waals surface area contributed by atoms with Gasteiger partial charge in [0.1, 0.15) is 5.60 Å². The molecule has 4 nitrogen and oxygen atoms in total. The summed E-state index contributed by atoms with van der Waals surface area (Å²) in [6.07, 6.45) is -0.617. The van der Waals surface area contributed by atoms with Crippen molar-refractivity contribution in [2.24, 2.45) is 46.3 Å². The number of methoxy groups -OCH3 is 1. The third-order valence-electron chi connectivity index (χ3n) is 7.11. The van der Waals surface area contributed by atoms with E-state index in [0.717, 1.165) is 0 Å². The summed E-state index contributed by atoms with van der Waals surface area (Å²) in [6, 6.07) is 0. The van der Waals surface area contributed by atoms with E-state index in [1.807, 2.05) is 20.8 Å². The highest BCUT2D eigenvalue weighted by molar-refractivity contribution is 5.88. The highest BCUT2D eigenvalue weighted by atomic mass is 16.6. The summed E-state index contributed by atoms with van der Waals surface area (Å²) in [4.78, 5) is 12.5. The largest absolute Gasteiger partial charge is 0.460 e. The minimum absolute atomic E-state index is 0.0314. The molecule has 0 aliphatic heterocycles. The fourth-order valence-electron chi connectivity index (χ4n) is 7.08. The molecule has 6 fully saturated rings. The highest BCUT2D eigenvalue weighted by Crippen LogP contribution is 3.10. The van der Waals surface area contributed by atoms with Crippen molar-refractivity contribution in [1.82, 2.24) is 0 Å². The first-order chi connectivity index (χ1) is 8.84. The Morgan fingerprint density at radius 3 is 1.95 bits per heavy atom. The predicted molar refractivity (Wildman–Crippen MR) is 64.7 cm³/mol. The highest BCUT2D eigenvalue weighted by Gasteiger charge is 3.13. The topological polar surface area (TPSA) is 55.8 Å². The number of hydrogen-bond acceptors (Lipinski definition) is 4. The molecule has 0 bridgehead atoms. The first-order valence-corrected chi connectivity index (χ1v) is 7.29. The lowest BCUT2D eigenvalue weighted by Crippen LogP contribution is -3.12. The third-order valence-corrected chi connectivity index (χ3v) is 7.11. The molecular weight excluding hydrogens is 244 g/mol.